The summed E-state index contributed by atoms with van der Waals surface area (Å²) in [5, 5.41) is 8.20. The number of aliphatic hydroxyl groups excluding tert-OH is 1. The van der Waals surface area contributed by atoms with Gasteiger partial charge in [0.2, 0.25) is 11.8 Å². The quantitative estimate of drug-likeness (QED) is 0.272. The fraction of sp³-hybridized carbons (Fsp3) is 0.676. The van der Waals surface area contributed by atoms with Gasteiger partial charge in [-0.25, -0.2) is 0 Å². The highest BCUT2D eigenvalue weighted by Gasteiger charge is 2.59. The first kappa shape index (κ1) is 30.5. The van der Waals surface area contributed by atoms with Gasteiger partial charge in [-0.15, -0.1) is 0 Å². The third kappa shape index (κ3) is 6.37. The Morgan fingerprint density at radius 1 is 1.07 bits per heavy atom. The van der Waals surface area contributed by atoms with E-state index in [4.69, 9.17) is 10.1 Å². The Morgan fingerprint density at radius 2 is 1.77 bits per heavy atom. The molecule has 1 aromatic rings. The number of allylic oxidation sites excluding steroid dienone is 2. The number of amides is 2. The molecule has 1 atom stereocenters. The Hall–Kier alpha value is -2.47. The topological polar surface area (TPSA) is 73.2 Å². The minimum absolute atomic E-state index is 0.115. The molecule has 2 amide bonds. The number of anilines is 1. The summed E-state index contributed by atoms with van der Waals surface area (Å²) in [5.41, 5.74) is 5.06. The van der Waals surface area contributed by atoms with Crippen molar-refractivity contribution in [2.75, 3.05) is 31.1 Å². The van der Waals surface area contributed by atoms with Crippen LogP contribution in [0.4, 0.5) is 5.69 Å². The van der Waals surface area contributed by atoms with Gasteiger partial charge < -0.3 is 14.9 Å². The van der Waals surface area contributed by atoms with Gasteiger partial charge in [-0.05, 0) is 82.8 Å². The number of aliphatic hydroxyl groups is 1. The maximum atomic E-state index is 13.8. The van der Waals surface area contributed by atoms with Gasteiger partial charge >= 0.3 is 0 Å². The number of para-hydroxylation sites is 1. The van der Waals surface area contributed by atoms with Crippen LogP contribution in [0.5, 0.6) is 0 Å². The van der Waals surface area contributed by atoms with Crippen LogP contribution < -0.4 is 4.90 Å². The van der Waals surface area contributed by atoms with Gasteiger partial charge in [0.05, 0.1) is 6.54 Å². The summed E-state index contributed by atoms with van der Waals surface area (Å²) in [7, 11) is 0. The third-order valence-electron chi connectivity index (χ3n) is 9.51. The van der Waals surface area contributed by atoms with E-state index in [0.717, 1.165) is 49.1 Å². The summed E-state index contributed by atoms with van der Waals surface area (Å²) in [6.45, 7) is 10.4. The highest BCUT2D eigenvalue weighted by atomic mass is 16.3. The summed E-state index contributed by atoms with van der Waals surface area (Å²) < 4.78 is 0. The van der Waals surface area contributed by atoms with E-state index < -0.39 is 5.41 Å². The van der Waals surface area contributed by atoms with E-state index in [-0.39, 0.29) is 17.7 Å². The predicted molar refractivity (Wildman–Crippen MR) is 164 cm³/mol. The third-order valence-corrected chi connectivity index (χ3v) is 9.51. The summed E-state index contributed by atoms with van der Waals surface area (Å²) in [6.07, 6.45) is 13.7. The first-order valence-corrected chi connectivity index (χ1v) is 15.9. The van der Waals surface area contributed by atoms with Crippen molar-refractivity contribution in [3.8, 4) is 0 Å². The van der Waals surface area contributed by atoms with Gasteiger partial charge in [0.15, 0.2) is 0 Å². The lowest BCUT2D eigenvalue weighted by Crippen LogP contribution is -2.66. The van der Waals surface area contributed by atoms with Gasteiger partial charge in [-0.3, -0.25) is 14.6 Å². The van der Waals surface area contributed by atoms with E-state index in [9.17, 15) is 9.59 Å². The van der Waals surface area contributed by atoms with Crippen molar-refractivity contribution in [1.82, 2.24) is 4.90 Å². The smallest absolute Gasteiger partial charge is 0.241 e. The number of rotatable bonds is 9. The minimum atomic E-state index is -0.583. The van der Waals surface area contributed by atoms with Crippen LogP contribution >= 0.6 is 0 Å². The maximum absolute atomic E-state index is 13.8. The summed E-state index contributed by atoms with van der Waals surface area (Å²) in [5.74, 6) is 1.04. The van der Waals surface area contributed by atoms with Crippen LogP contribution in [0.25, 0.3) is 0 Å². The lowest BCUT2D eigenvalue weighted by molar-refractivity contribution is -0.149. The number of hydrogen-bond acceptors (Lipinski definition) is 4. The number of nitrogens with zero attached hydrogens (tertiary/aromatic N) is 3. The molecule has 2 heterocycles. The SMILES string of the molecule is CCC(C(=O)N1CC2(C1)C(=O)N(CC(C)=NC1=C(C)CCCC1)c1ccccc12)C1CCCC1.CCCCCO. The van der Waals surface area contributed by atoms with E-state index in [2.05, 4.69) is 32.9 Å². The molecule has 2 aliphatic carbocycles. The lowest BCUT2D eigenvalue weighted by Gasteiger charge is -2.48. The van der Waals surface area contributed by atoms with Gasteiger partial charge in [0.25, 0.3) is 0 Å². The number of likely N-dealkylation sites (tertiary alicyclic amines) is 1. The molecule has 1 N–H and O–H groups in total. The highest BCUT2D eigenvalue weighted by molar-refractivity contribution is 6.12. The molecule has 220 valence electrons. The molecule has 1 aromatic carbocycles. The van der Waals surface area contributed by atoms with E-state index in [1.165, 1.54) is 56.2 Å². The van der Waals surface area contributed by atoms with Crippen molar-refractivity contribution >= 4 is 23.2 Å². The van der Waals surface area contributed by atoms with E-state index in [0.29, 0.717) is 32.2 Å². The first-order valence-electron chi connectivity index (χ1n) is 15.9. The number of carbonyl (C=O) groups is 2. The second-order valence-corrected chi connectivity index (χ2v) is 12.5. The molecule has 0 aromatic heterocycles. The van der Waals surface area contributed by atoms with E-state index in [1.54, 1.807) is 0 Å². The summed E-state index contributed by atoms with van der Waals surface area (Å²) >= 11 is 0. The first-order chi connectivity index (χ1) is 19.4. The van der Waals surface area contributed by atoms with Gasteiger partial charge in [0, 0.05) is 42.7 Å². The zero-order valence-corrected chi connectivity index (χ0v) is 25.4. The Bertz CT molecular complexity index is 1090. The molecule has 2 fully saturated rings. The Morgan fingerprint density at radius 3 is 2.40 bits per heavy atom. The summed E-state index contributed by atoms with van der Waals surface area (Å²) in [4.78, 5) is 36.1. The van der Waals surface area contributed by atoms with Gasteiger partial charge in [-0.1, -0.05) is 63.3 Å². The van der Waals surface area contributed by atoms with Gasteiger partial charge in [0.1, 0.15) is 5.41 Å². The standard InChI is InChI=1S/C29H39N3O2.C5H12O/c1-4-23(22-12-6-7-13-22)27(33)31-18-29(19-31)24-14-8-10-16-26(24)32(28(29)34)17-21(3)30-25-15-9-5-11-20(25)2;1-2-3-4-5-6/h8,10,14,16,22-23H,4-7,9,11-13,15,17-19H2,1-3H3;6H,2-5H2,1H3. The van der Waals surface area contributed by atoms with E-state index in [1.807, 2.05) is 28.9 Å². The van der Waals surface area contributed by atoms with Crippen LogP contribution in [-0.2, 0) is 15.0 Å². The number of carbonyl (C=O) groups excluding carboxylic acids is 2. The number of unbranched alkanes of at least 4 members (excludes halogenated alkanes) is 2. The molecule has 6 heteroatoms. The lowest BCUT2D eigenvalue weighted by atomic mass is 9.73. The van der Waals surface area contributed by atoms with Crippen molar-refractivity contribution in [3.05, 3.63) is 41.1 Å². The summed E-state index contributed by atoms with van der Waals surface area (Å²) in [6, 6.07) is 8.17. The molecule has 5 rings (SSSR count). The fourth-order valence-corrected chi connectivity index (χ4v) is 7.17. The largest absolute Gasteiger partial charge is 0.396 e. The van der Waals surface area contributed by atoms with Crippen LogP contribution in [0.2, 0.25) is 0 Å². The molecular formula is C34H51N3O3. The Kier molecular flexibility index (Phi) is 10.6. The van der Waals surface area contributed by atoms with Crippen molar-refractivity contribution in [1.29, 1.82) is 0 Å². The average Bonchev–Trinajstić information content (AvgIpc) is 3.54. The monoisotopic (exact) mass is 549 g/mol. The Labute approximate surface area is 241 Å². The van der Waals surface area contributed by atoms with Crippen LogP contribution in [-0.4, -0.2) is 53.8 Å². The molecule has 1 unspecified atom stereocenters. The maximum Gasteiger partial charge on any atom is 0.241 e. The molecular weight excluding hydrogens is 498 g/mol. The minimum Gasteiger partial charge on any atom is -0.396 e. The molecule has 6 nitrogen and oxygen atoms in total. The van der Waals surface area contributed by atoms with Crippen LogP contribution in [0, 0.1) is 11.8 Å². The number of hydrogen-bond donors (Lipinski definition) is 1. The number of aliphatic imine (C=N–C) groups is 1. The van der Waals surface area contributed by atoms with Crippen LogP contribution in [0.1, 0.15) is 110 Å². The van der Waals surface area contributed by atoms with Crippen molar-refractivity contribution in [3.63, 3.8) is 0 Å². The van der Waals surface area contributed by atoms with Crippen molar-refractivity contribution < 1.29 is 14.7 Å². The zero-order valence-electron chi connectivity index (χ0n) is 25.4. The Balaban J connectivity index is 0.000000557. The number of fused-ring (bicyclic) bond motifs is 2. The number of benzene rings is 1. The fourth-order valence-electron chi connectivity index (χ4n) is 7.17. The highest BCUT2D eigenvalue weighted by Crippen LogP contribution is 2.48. The molecule has 1 saturated heterocycles. The zero-order chi connectivity index (χ0) is 28.7. The normalized spacial score (nSPS) is 21.3. The average molecular weight is 550 g/mol. The van der Waals surface area contributed by atoms with Crippen LogP contribution in [0.3, 0.4) is 0 Å². The van der Waals surface area contributed by atoms with Crippen molar-refractivity contribution in [2.45, 2.75) is 110 Å². The molecule has 1 saturated carbocycles. The molecule has 1 spiro atoms. The van der Waals surface area contributed by atoms with E-state index >= 15 is 0 Å². The molecule has 0 radical (unpaired) electrons. The molecule has 0 bridgehead atoms. The van der Waals surface area contributed by atoms with Gasteiger partial charge in [-0.2, -0.15) is 0 Å². The van der Waals surface area contributed by atoms with Crippen molar-refractivity contribution in [2.24, 2.45) is 16.8 Å². The molecule has 2 aliphatic heterocycles. The second-order valence-electron chi connectivity index (χ2n) is 12.5. The second kappa shape index (κ2) is 13.9. The van der Waals surface area contributed by atoms with Crippen LogP contribution in [0.15, 0.2) is 40.5 Å². The molecule has 40 heavy (non-hydrogen) atoms. The predicted octanol–water partition coefficient (Wildman–Crippen LogP) is 6.81. The molecule has 4 aliphatic rings.